The van der Waals surface area contributed by atoms with E-state index in [0.29, 0.717) is 30.6 Å². The molecule has 2 aliphatic heterocycles. The van der Waals surface area contributed by atoms with Gasteiger partial charge in [-0.2, -0.15) is 10.2 Å². The normalized spacial score (nSPS) is 20.1. The number of carbonyl (C=O) groups is 1. The molecule has 7 nitrogen and oxygen atoms in total. The van der Waals surface area contributed by atoms with E-state index in [9.17, 15) is 9.18 Å². The summed E-state index contributed by atoms with van der Waals surface area (Å²) in [7, 11) is 0. The number of benzene rings is 1. The van der Waals surface area contributed by atoms with Crippen LogP contribution in [0.15, 0.2) is 36.4 Å². The Morgan fingerprint density at radius 3 is 2.81 bits per heavy atom. The van der Waals surface area contributed by atoms with Gasteiger partial charge in [0.05, 0.1) is 17.7 Å². The Morgan fingerprint density at radius 2 is 2.09 bits per heavy atom. The van der Waals surface area contributed by atoms with Crippen molar-refractivity contribution in [3.05, 3.63) is 53.3 Å². The van der Waals surface area contributed by atoms with Crippen molar-refractivity contribution in [2.24, 2.45) is 0 Å². The number of halogens is 1. The monoisotopic (exact) mass is 438 g/mol. The van der Waals surface area contributed by atoms with E-state index in [1.165, 1.54) is 6.07 Å². The molecule has 1 amide bonds. The van der Waals surface area contributed by atoms with Crippen LogP contribution in [0.4, 0.5) is 15.0 Å². The predicted octanol–water partition coefficient (Wildman–Crippen LogP) is 4.26. The number of hydrogen-bond acceptors (Lipinski definition) is 6. The summed E-state index contributed by atoms with van der Waals surface area (Å²) in [6, 6.07) is 12.1. The quantitative estimate of drug-likeness (QED) is 0.710. The SMILES string of the molecule is CC(C)(C)OC(=O)N1CCC2CC1CN2c1cccc(OCc2ccc(C#N)cc2F)n1. The highest BCUT2D eigenvalue weighted by Crippen LogP contribution is 2.34. The summed E-state index contributed by atoms with van der Waals surface area (Å²) in [4.78, 5) is 21.2. The number of piperidine rings is 1. The van der Waals surface area contributed by atoms with Gasteiger partial charge in [-0.15, -0.1) is 0 Å². The Hall–Kier alpha value is -3.34. The number of amides is 1. The molecule has 8 heteroatoms. The number of hydrogen-bond donors (Lipinski definition) is 0. The lowest BCUT2D eigenvalue weighted by Gasteiger charge is -2.34. The molecule has 3 heterocycles. The van der Waals surface area contributed by atoms with Gasteiger partial charge in [0.15, 0.2) is 0 Å². The van der Waals surface area contributed by atoms with E-state index in [1.54, 1.807) is 18.2 Å². The van der Waals surface area contributed by atoms with Crippen molar-refractivity contribution in [2.45, 2.75) is 57.9 Å². The Bertz CT molecular complexity index is 1050. The van der Waals surface area contributed by atoms with Gasteiger partial charge < -0.3 is 19.3 Å². The van der Waals surface area contributed by atoms with Crippen LogP contribution < -0.4 is 9.64 Å². The van der Waals surface area contributed by atoms with Crippen LogP contribution in [0.1, 0.15) is 44.7 Å². The average Bonchev–Trinajstić information content (AvgIpc) is 3.07. The van der Waals surface area contributed by atoms with Gasteiger partial charge in [-0.1, -0.05) is 12.1 Å². The maximum atomic E-state index is 14.1. The number of likely N-dealkylation sites (tertiary alicyclic amines) is 1. The molecule has 2 unspecified atom stereocenters. The maximum absolute atomic E-state index is 14.1. The molecular formula is C24H27FN4O3. The number of aromatic nitrogens is 1. The Balaban J connectivity index is 1.42. The summed E-state index contributed by atoms with van der Waals surface area (Å²) in [5.41, 5.74) is 0.113. The highest BCUT2D eigenvalue weighted by molar-refractivity contribution is 5.69. The molecule has 0 aliphatic carbocycles. The lowest BCUT2D eigenvalue weighted by atomic mass is 10.0. The first-order chi connectivity index (χ1) is 15.2. The zero-order chi connectivity index (χ0) is 22.9. The molecule has 4 rings (SSSR count). The first-order valence-corrected chi connectivity index (χ1v) is 10.8. The smallest absolute Gasteiger partial charge is 0.410 e. The van der Waals surface area contributed by atoms with Crippen molar-refractivity contribution >= 4 is 11.9 Å². The largest absolute Gasteiger partial charge is 0.473 e. The van der Waals surface area contributed by atoms with Crippen LogP contribution >= 0.6 is 0 Å². The lowest BCUT2D eigenvalue weighted by molar-refractivity contribution is 0.0142. The predicted molar refractivity (Wildman–Crippen MR) is 117 cm³/mol. The molecule has 1 aromatic carbocycles. The van der Waals surface area contributed by atoms with Crippen LogP contribution in [-0.2, 0) is 11.3 Å². The van der Waals surface area contributed by atoms with Gasteiger partial charge in [0, 0.05) is 30.8 Å². The van der Waals surface area contributed by atoms with Crippen LogP contribution in [0.25, 0.3) is 0 Å². The molecule has 0 saturated carbocycles. The van der Waals surface area contributed by atoms with Gasteiger partial charge in [-0.25, -0.2) is 9.18 Å². The van der Waals surface area contributed by atoms with Crippen LogP contribution in [0.2, 0.25) is 0 Å². The van der Waals surface area contributed by atoms with E-state index >= 15 is 0 Å². The first-order valence-electron chi connectivity index (χ1n) is 10.8. The van der Waals surface area contributed by atoms with Crippen molar-refractivity contribution < 1.29 is 18.7 Å². The number of fused-ring (bicyclic) bond motifs is 2. The number of pyridine rings is 1. The van der Waals surface area contributed by atoms with Gasteiger partial charge in [-0.05, 0) is 51.8 Å². The summed E-state index contributed by atoms with van der Waals surface area (Å²) < 4.78 is 25.4. The molecule has 2 saturated heterocycles. The summed E-state index contributed by atoms with van der Waals surface area (Å²) in [6.07, 6.45) is 1.46. The second kappa shape index (κ2) is 8.65. The minimum Gasteiger partial charge on any atom is -0.473 e. The fourth-order valence-corrected chi connectivity index (χ4v) is 4.23. The topological polar surface area (TPSA) is 78.7 Å². The van der Waals surface area contributed by atoms with Crippen molar-refractivity contribution in [1.29, 1.82) is 5.26 Å². The third-order valence-electron chi connectivity index (χ3n) is 5.73. The molecule has 2 aliphatic rings. The van der Waals surface area contributed by atoms with E-state index in [4.69, 9.17) is 14.7 Å². The van der Waals surface area contributed by atoms with Gasteiger partial charge in [0.25, 0.3) is 0 Å². The van der Waals surface area contributed by atoms with Crippen LogP contribution in [0, 0.1) is 17.1 Å². The second-order valence-corrected chi connectivity index (χ2v) is 9.20. The van der Waals surface area contributed by atoms with Crippen molar-refractivity contribution in [1.82, 2.24) is 9.88 Å². The van der Waals surface area contributed by atoms with E-state index in [1.807, 2.05) is 43.9 Å². The zero-order valence-electron chi connectivity index (χ0n) is 18.5. The van der Waals surface area contributed by atoms with Crippen molar-refractivity contribution in [2.75, 3.05) is 18.0 Å². The number of rotatable bonds is 4. The third kappa shape index (κ3) is 4.77. The molecule has 168 valence electrons. The van der Waals surface area contributed by atoms with Crippen LogP contribution in [0.3, 0.4) is 0 Å². The summed E-state index contributed by atoms with van der Waals surface area (Å²) in [5.74, 6) is 0.703. The molecular weight excluding hydrogens is 411 g/mol. The molecule has 32 heavy (non-hydrogen) atoms. The average molecular weight is 439 g/mol. The standard InChI is InChI=1S/C24H27FN4O3/c1-24(2,3)32-23(30)28-10-9-18-12-19(28)14-29(18)21-5-4-6-22(27-21)31-15-17-8-7-16(13-26)11-20(17)25/h4-8,11,18-19H,9-10,12,14-15H2,1-3H3. The summed E-state index contributed by atoms with van der Waals surface area (Å²) >= 11 is 0. The Labute approximate surface area is 187 Å². The fraction of sp³-hybridized carbons (Fsp3) is 0.458. The minimum absolute atomic E-state index is 0.0203. The lowest BCUT2D eigenvalue weighted by Crippen LogP contribution is -2.46. The van der Waals surface area contributed by atoms with Gasteiger partial charge in [0.1, 0.15) is 23.8 Å². The van der Waals surface area contributed by atoms with E-state index in [-0.39, 0.29) is 24.3 Å². The summed E-state index contributed by atoms with van der Waals surface area (Å²) in [6.45, 7) is 6.99. The van der Waals surface area contributed by atoms with E-state index < -0.39 is 11.4 Å². The molecule has 0 spiro atoms. The summed E-state index contributed by atoms with van der Waals surface area (Å²) in [5, 5.41) is 8.87. The first kappa shape index (κ1) is 21.9. The molecule has 2 atom stereocenters. The third-order valence-corrected chi connectivity index (χ3v) is 5.73. The van der Waals surface area contributed by atoms with Crippen LogP contribution in [-0.4, -0.2) is 46.8 Å². The van der Waals surface area contributed by atoms with Crippen molar-refractivity contribution in [3.63, 3.8) is 0 Å². The number of nitrogens with zero attached hydrogens (tertiary/aromatic N) is 4. The molecule has 0 radical (unpaired) electrons. The Kier molecular flexibility index (Phi) is 5.92. The van der Waals surface area contributed by atoms with E-state index in [0.717, 1.165) is 18.7 Å². The Morgan fingerprint density at radius 1 is 1.28 bits per heavy atom. The maximum Gasteiger partial charge on any atom is 0.410 e. The van der Waals surface area contributed by atoms with Gasteiger partial charge in [-0.3, -0.25) is 0 Å². The van der Waals surface area contributed by atoms with E-state index in [2.05, 4.69) is 9.88 Å². The molecule has 2 fully saturated rings. The second-order valence-electron chi connectivity index (χ2n) is 9.20. The molecule has 2 bridgehead atoms. The molecule has 2 aromatic rings. The highest BCUT2D eigenvalue weighted by atomic mass is 19.1. The van der Waals surface area contributed by atoms with Gasteiger partial charge >= 0.3 is 6.09 Å². The number of nitriles is 1. The van der Waals surface area contributed by atoms with Gasteiger partial charge in [0.2, 0.25) is 5.88 Å². The molecule has 0 N–H and O–H groups in total. The molecule has 1 aromatic heterocycles. The zero-order valence-corrected chi connectivity index (χ0v) is 18.5. The fourth-order valence-electron chi connectivity index (χ4n) is 4.23. The number of carbonyl (C=O) groups excluding carboxylic acids is 1. The van der Waals surface area contributed by atoms with Crippen molar-refractivity contribution in [3.8, 4) is 11.9 Å². The minimum atomic E-state index is -0.520. The number of ether oxygens (including phenoxy) is 2. The number of anilines is 1. The highest BCUT2D eigenvalue weighted by Gasteiger charge is 2.43. The van der Waals surface area contributed by atoms with Crippen LogP contribution in [0.5, 0.6) is 5.88 Å².